The highest BCUT2D eigenvalue weighted by Gasteiger charge is 2.47. The lowest BCUT2D eigenvalue weighted by molar-refractivity contribution is 1.71. The second kappa shape index (κ2) is 8.27. The highest BCUT2D eigenvalue weighted by molar-refractivity contribution is 8.01. The van der Waals surface area contributed by atoms with Gasteiger partial charge in [0.25, 0.3) is 0 Å². The van der Waals surface area contributed by atoms with Crippen molar-refractivity contribution in [1.82, 2.24) is 0 Å². The molecule has 0 radical (unpaired) electrons. The van der Waals surface area contributed by atoms with Gasteiger partial charge in [-0.2, -0.15) is 0 Å². The molecule has 4 rings (SSSR count). The zero-order valence-corrected chi connectivity index (χ0v) is 14.9. The van der Waals surface area contributed by atoms with E-state index in [0.717, 1.165) is 0 Å². The van der Waals surface area contributed by atoms with Gasteiger partial charge in [-0.1, -0.05) is 72.8 Å². The molecule has 26 heavy (non-hydrogen) atoms. The molecule has 0 spiro atoms. The van der Waals surface area contributed by atoms with E-state index in [0.29, 0.717) is 0 Å². The summed E-state index contributed by atoms with van der Waals surface area (Å²) in [6.45, 7) is 0. The molecule has 0 aliphatic heterocycles. The van der Waals surface area contributed by atoms with Crippen LogP contribution in [0.25, 0.3) is 0 Å². The molecule has 0 bridgehead atoms. The van der Waals surface area contributed by atoms with Crippen LogP contribution >= 0.6 is 7.26 Å². The van der Waals surface area contributed by atoms with Gasteiger partial charge in [-0.3, -0.25) is 0 Å². The van der Waals surface area contributed by atoms with Crippen molar-refractivity contribution < 1.29 is 0 Å². The summed E-state index contributed by atoms with van der Waals surface area (Å²) in [5, 5.41) is 5.55. The summed E-state index contributed by atoms with van der Waals surface area (Å²) >= 11 is 0. The highest BCUT2D eigenvalue weighted by Crippen LogP contribution is 2.53. The Morgan fingerprint density at radius 3 is 0.692 bits per heavy atom. The third-order valence-electron chi connectivity index (χ3n) is 4.57. The normalized spacial score (nSPS) is 10.8. The van der Waals surface area contributed by atoms with Crippen molar-refractivity contribution in [2.24, 2.45) is 0 Å². The highest BCUT2D eigenvalue weighted by atomic mass is 31.2. The SMILES string of the molecule is [SiH4].c1ccc([P+](c2ccccc2)(c2ccccc2)c2ccccc2)cc1. The number of hydrogen-bond acceptors (Lipinski definition) is 0. The molecule has 0 saturated carbocycles. The molecule has 0 unspecified atom stereocenters. The molecule has 0 aliphatic carbocycles. The van der Waals surface area contributed by atoms with Gasteiger partial charge < -0.3 is 0 Å². The van der Waals surface area contributed by atoms with E-state index in [4.69, 9.17) is 0 Å². The molecular weight excluding hydrogens is 347 g/mol. The Hall–Kier alpha value is -2.47. The molecule has 0 N–H and O–H groups in total. The van der Waals surface area contributed by atoms with Crippen LogP contribution in [0.3, 0.4) is 0 Å². The van der Waals surface area contributed by atoms with Crippen molar-refractivity contribution in [3.63, 3.8) is 0 Å². The van der Waals surface area contributed by atoms with Crippen LogP contribution in [-0.4, -0.2) is 11.0 Å². The maximum absolute atomic E-state index is 2.28. The van der Waals surface area contributed by atoms with E-state index < -0.39 is 7.26 Å². The van der Waals surface area contributed by atoms with Gasteiger partial charge in [-0.15, -0.1) is 0 Å². The Labute approximate surface area is 160 Å². The number of hydrogen-bond donors (Lipinski definition) is 0. The fourth-order valence-electron chi connectivity index (χ4n) is 3.50. The second-order valence-electron chi connectivity index (χ2n) is 6.01. The molecule has 0 atom stereocenters. The lowest BCUT2D eigenvalue weighted by Crippen LogP contribution is -2.38. The van der Waals surface area contributed by atoms with Crippen molar-refractivity contribution in [3.8, 4) is 0 Å². The molecule has 4 aromatic carbocycles. The van der Waals surface area contributed by atoms with Gasteiger partial charge in [0.05, 0.1) is 0 Å². The Morgan fingerprint density at radius 1 is 0.308 bits per heavy atom. The molecule has 0 saturated heterocycles. The first-order valence-corrected chi connectivity index (χ1v) is 10.3. The van der Waals surface area contributed by atoms with Gasteiger partial charge in [0.2, 0.25) is 0 Å². The van der Waals surface area contributed by atoms with E-state index in [2.05, 4.69) is 121 Å². The second-order valence-corrected chi connectivity index (χ2v) is 9.42. The van der Waals surface area contributed by atoms with Crippen LogP contribution in [0.5, 0.6) is 0 Å². The molecule has 4 aromatic rings. The maximum Gasteiger partial charge on any atom is 0.144 e. The molecule has 2 heteroatoms. The predicted molar refractivity (Wildman–Crippen MR) is 123 cm³/mol. The smallest absolute Gasteiger partial charge is 0.0620 e. The van der Waals surface area contributed by atoms with Gasteiger partial charge in [0.1, 0.15) is 28.5 Å². The lowest BCUT2D eigenvalue weighted by atomic mass is 10.3. The molecule has 128 valence electrons. The summed E-state index contributed by atoms with van der Waals surface area (Å²) in [5.41, 5.74) is 0. The van der Waals surface area contributed by atoms with Gasteiger partial charge in [-0.05, 0) is 59.5 Å². The fourth-order valence-corrected chi connectivity index (χ4v) is 7.77. The molecule has 0 aliphatic rings. The third kappa shape index (κ3) is 3.17. The van der Waals surface area contributed by atoms with E-state index in [1.807, 2.05) is 0 Å². The zero-order valence-electron chi connectivity index (χ0n) is 14.0. The van der Waals surface area contributed by atoms with Gasteiger partial charge in [0, 0.05) is 0 Å². The topological polar surface area (TPSA) is 0 Å². The summed E-state index contributed by atoms with van der Waals surface area (Å²) < 4.78 is 0. The van der Waals surface area contributed by atoms with Crippen LogP contribution in [0.4, 0.5) is 0 Å². The fraction of sp³-hybridized carbons (Fsp3) is 0. The quantitative estimate of drug-likeness (QED) is 0.382. The third-order valence-corrected chi connectivity index (χ3v) is 8.86. The van der Waals surface area contributed by atoms with Crippen LogP contribution in [-0.2, 0) is 0 Å². The molecule has 0 fully saturated rings. The molecule has 0 aromatic heterocycles. The van der Waals surface area contributed by atoms with Gasteiger partial charge in [0.15, 0.2) is 0 Å². The standard InChI is InChI=1S/C24H20P.H4Si/c1-5-13-21(14-6-1)25(22-15-7-2-8-16-22,23-17-9-3-10-18-23)24-19-11-4-12-20-24;/h1-20H;1H4/q+1;. The van der Waals surface area contributed by atoms with Crippen molar-refractivity contribution in [1.29, 1.82) is 0 Å². The Kier molecular flexibility index (Phi) is 5.83. The zero-order chi connectivity index (χ0) is 17.0. The van der Waals surface area contributed by atoms with E-state index in [-0.39, 0.29) is 11.0 Å². The summed E-state index contributed by atoms with van der Waals surface area (Å²) in [5.74, 6) is 0. The van der Waals surface area contributed by atoms with Crippen LogP contribution in [0, 0.1) is 0 Å². The largest absolute Gasteiger partial charge is 0.144 e. The van der Waals surface area contributed by atoms with Gasteiger partial charge in [-0.25, -0.2) is 0 Å². The predicted octanol–water partition coefficient (Wildman–Crippen LogP) is 2.85. The first-order chi connectivity index (χ1) is 12.4. The van der Waals surface area contributed by atoms with Crippen molar-refractivity contribution >= 4 is 39.4 Å². The molecule has 0 nitrogen and oxygen atoms in total. The summed E-state index contributed by atoms with van der Waals surface area (Å²) in [4.78, 5) is 0. The Morgan fingerprint density at radius 2 is 0.500 bits per heavy atom. The minimum atomic E-state index is -1.91. The average Bonchev–Trinajstić information content (AvgIpc) is 2.72. The monoisotopic (exact) mass is 371 g/mol. The van der Waals surface area contributed by atoms with Crippen LogP contribution < -0.4 is 21.2 Å². The van der Waals surface area contributed by atoms with Crippen LogP contribution in [0.15, 0.2) is 121 Å². The van der Waals surface area contributed by atoms with E-state index in [1.165, 1.54) is 21.2 Å². The lowest BCUT2D eigenvalue weighted by Gasteiger charge is -2.27. The molecule has 0 heterocycles. The van der Waals surface area contributed by atoms with Gasteiger partial charge >= 0.3 is 0 Å². The van der Waals surface area contributed by atoms with Crippen molar-refractivity contribution in [2.75, 3.05) is 0 Å². The van der Waals surface area contributed by atoms with E-state index in [1.54, 1.807) is 0 Å². The first-order valence-electron chi connectivity index (χ1n) is 8.54. The van der Waals surface area contributed by atoms with E-state index >= 15 is 0 Å². The van der Waals surface area contributed by atoms with Crippen LogP contribution in [0.2, 0.25) is 0 Å². The van der Waals surface area contributed by atoms with E-state index in [9.17, 15) is 0 Å². The van der Waals surface area contributed by atoms with Crippen LogP contribution in [0.1, 0.15) is 0 Å². The minimum absolute atomic E-state index is 0. The average molecular weight is 372 g/mol. The summed E-state index contributed by atoms with van der Waals surface area (Å²) in [6, 6.07) is 43.8. The van der Waals surface area contributed by atoms with Crippen molar-refractivity contribution in [3.05, 3.63) is 121 Å². The number of rotatable bonds is 4. The minimum Gasteiger partial charge on any atom is -0.0620 e. The summed E-state index contributed by atoms with van der Waals surface area (Å²) in [7, 11) is -1.91. The Bertz CT molecular complexity index is 759. The molecular formula is C24H24PSi+. The Balaban J connectivity index is 0.00000196. The maximum atomic E-state index is 2.28. The first kappa shape index (κ1) is 18.3. The molecule has 0 amide bonds. The number of benzene rings is 4. The van der Waals surface area contributed by atoms with Crippen molar-refractivity contribution in [2.45, 2.75) is 0 Å². The summed E-state index contributed by atoms with van der Waals surface area (Å²) in [6.07, 6.45) is 0.